The maximum absolute atomic E-state index is 12.5. The van der Waals surface area contributed by atoms with Crippen molar-refractivity contribution in [1.29, 1.82) is 0 Å². The summed E-state index contributed by atoms with van der Waals surface area (Å²) < 4.78 is 6.02. The number of ether oxygens (including phenoxy) is 1. The highest BCUT2D eigenvalue weighted by Gasteiger charge is 2.26. The zero-order chi connectivity index (χ0) is 22.6. The number of amides is 2. The topological polar surface area (TPSA) is 91.0 Å². The highest BCUT2D eigenvalue weighted by atomic mass is 16.5. The first-order valence-electron chi connectivity index (χ1n) is 11.0. The van der Waals surface area contributed by atoms with Crippen LogP contribution in [0.4, 0.5) is 11.4 Å². The van der Waals surface area contributed by atoms with E-state index in [2.05, 4.69) is 10.6 Å². The predicted molar refractivity (Wildman–Crippen MR) is 123 cm³/mol. The quantitative estimate of drug-likeness (QED) is 0.363. The number of anilines is 2. The lowest BCUT2D eigenvalue weighted by Crippen LogP contribution is -2.44. The number of benzene rings is 1. The van der Waals surface area contributed by atoms with E-state index < -0.39 is 6.04 Å². The number of hydrogen-bond acceptors (Lipinski definition) is 6. The molecule has 2 rings (SSSR count). The molecule has 1 saturated heterocycles. The van der Waals surface area contributed by atoms with Crippen molar-refractivity contribution in [2.75, 3.05) is 50.6 Å². The van der Waals surface area contributed by atoms with Crippen molar-refractivity contribution in [3.8, 4) is 0 Å². The van der Waals surface area contributed by atoms with Crippen molar-refractivity contribution in [1.82, 2.24) is 10.6 Å². The van der Waals surface area contributed by atoms with E-state index in [-0.39, 0.29) is 12.3 Å². The van der Waals surface area contributed by atoms with Crippen molar-refractivity contribution < 1.29 is 19.1 Å². The van der Waals surface area contributed by atoms with Gasteiger partial charge in [-0.25, -0.2) is 0 Å². The Labute approximate surface area is 185 Å². The molecule has 1 unspecified atom stereocenters. The van der Waals surface area contributed by atoms with Crippen LogP contribution in [0, 0.1) is 0 Å². The van der Waals surface area contributed by atoms with Crippen LogP contribution in [-0.2, 0) is 25.5 Å². The molecule has 1 aliphatic heterocycles. The van der Waals surface area contributed by atoms with E-state index in [9.17, 15) is 14.4 Å². The van der Waals surface area contributed by atoms with Crippen molar-refractivity contribution in [3.63, 3.8) is 0 Å². The van der Waals surface area contributed by atoms with Gasteiger partial charge >= 0.3 is 0 Å². The van der Waals surface area contributed by atoms with E-state index in [1.807, 2.05) is 30.1 Å². The zero-order valence-electron chi connectivity index (χ0n) is 18.9. The minimum absolute atomic E-state index is 0.162. The Morgan fingerprint density at radius 1 is 1.29 bits per heavy atom. The van der Waals surface area contributed by atoms with Gasteiger partial charge in [-0.3, -0.25) is 9.59 Å². The van der Waals surface area contributed by atoms with Gasteiger partial charge in [0, 0.05) is 34.2 Å². The van der Waals surface area contributed by atoms with Crippen molar-refractivity contribution in [3.05, 3.63) is 23.8 Å². The van der Waals surface area contributed by atoms with Crippen molar-refractivity contribution in [2.45, 2.75) is 50.7 Å². The summed E-state index contributed by atoms with van der Waals surface area (Å²) in [5.74, 6) is -0.162. The number of nitrogens with zero attached hydrogens (tertiary/aromatic N) is 2. The van der Waals surface area contributed by atoms with E-state index in [0.29, 0.717) is 19.1 Å². The molecule has 0 aliphatic carbocycles. The van der Waals surface area contributed by atoms with Gasteiger partial charge in [-0.15, -0.1) is 0 Å². The summed E-state index contributed by atoms with van der Waals surface area (Å²) in [5, 5.41) is 6.01. The first-order valence-corrected chi connectivity index (χ1v) is 11.0. The maximum Gasteiger partial charge on any atom is 0.242 e. The molecule has 8 nitrogen and oxygen atoms in total. The number of carbonyl (C=O) groups excluding carboxylic acids is 3. The van der Waals surface area contributed by atoms with Gasteiger partial charge in [0.05, 0.1) is 17.5 Å². The van der Waals surface area contributed by atoms with Crippen LogP contribution in [-0.4, -0.2) is 71.6 Å². The molecule has 8 heteroatoms. The molecule has 2 N–H and O–H groups in total. The van der Waals surface area contributed by atoms with Crippen LogP contribution in [0.25, 0.3) is 0 Å². The molecule has 0 saturated carbocycles. The fourth-order valence-electron chi connectivity index (χ4n) is 4.06. The molecule has 0 aromatic heterocycles. The number of nitrogens with one attached hydrogen (secondary N) is 2. The zero-order valence-corrected chi connectivity index (χ0v) is 18.9. The average molecular weight is 433 g/mol. The molecule has 31 heavy (non-hydrogen) atoms. The Balaban J connectivity index is 2.17. The SMILES string of the molecule is CNC(=O)C(CCC=O)N(C)c1cccc(CCCOC2CCNCC2)c1N(C)C=O. The number of aryl methyl sites for hydroxylation is 1. The van der Waals surface area contributed by atoms with E-state index in [1.165, 1.54) is 0 Å². The first kappa shape index (κ1) is 24.8. The van der Waals surface area contributed by atoms with Crippen LogP contribution < -0.4 is 20.4 Å². The minimum atomic E-state index is -0.507. The minimum Gasteiger partial charge on any atom is -0.378 e. The van der Waals surface area contributed by atoms with Gasteiger partial charge in [-0.2, -0.15) is 0 Å². The third-order valence-corrected chi connectivity index (χ3v) is 5.79. The summed E-state index contributed by atoms with van der Waals surface area (Å²) in [6, 6.07) is 5.35. The van der Waals surface area contributed by atoms with Crippen LogP contribution in [0.15, 0.2) is 18.2 Å². The second-order valence-corrected chi connectivity index (χ2v) is 7.91. The molecular weight excluding hydrogens is 396 g/mol. The third-order valence-electron chi connectivity index (χ3n) is 5.79. The molecule has 1 heterocycles. The Hall–Kier alpha value is -2.45. The van der Waals surface area contributed by atoms with E-state index >= 15 is 0 Å². The summed E-state index contributed by atoms with van der Waals surface area (Å²) in [5.41, 5.74) is 2.59. The number of hydrogen-bond donors (Lipinski definition) is 2. The van der Waals surface area contributed by atoms with Gasteiger partial charge in [0.1, 0.15) is 12.3 Å². The second kappa shape index (κ2) is 13.1. The van der Waals surface area contributed by atoms with E-state index in [1.54, 1.807) is 19.0 Å². The van der Waals surface area contributed by atoms with Crippen LogP contribution in [0.2, 0.25) is 0 Å². The Kier molecular flexibility index (Phi) is 10.5. The van der Waals surface area contributed by atoms with Gasteiger partial charge in [-0.1, -0.05) is 12.1 Å². The smallest absolute Gasteiger partial charge is 0.242 e. The van der Waals surface area contributed by atoms with Crippen molar-refractivity contribution in [2.24, 2.45) is 0 Å². The summed E-state index contributed by atoms with van der Waals surface area (Å²) in [6.45, 7) is 2.68. The molecule has 1 aliphatic rings. The first-order chi connectivity index (χ1) is 15.0. The molecular formula is C23H36N4O4. The Morgan fingerprint density at radius 3 is 2.68 bits per heavy atom. The molecule has 1 aromatic rings. The summed E-state index contributed by atoms with van der Waals surface area (Å²) in [4.78, 5) is 38.4. The molecule has 1 atom stereocenters. The van der Waals surface area contributed by atoms with Gasteiger partial charge < -0.3 is 30.0 Å². The van der Waals surface area contributed by atoms with Crippen LogP contribution in [0.1, 0.15) is 37.7 Å². The number of aldehydes is 1. The predicted octanol–water partition coefficient (Wildman–Crippen LogP) is 1.51. The fraction of sp³-hybridized carbons (Fsp3) is 0.609. The summed E-state index contributed by atoms with van der Waals surface area (Å²) in [7, 11) is 5.13. The average Bonchev–Trinajstić information content (AvgIpc) is 2.81. The van der Waals surface area contributed by atoms with Crippen LogP contribution >= 0.6 is 0 Å². The van der Waals surface area contributed by atoms with Crippen LogP contribution in [0.3, 0.4) is 0 Å². The number of para-hydroxylation sites is 1. The second-order valence-electron chi connectivity index (χ2n) is 7.91. The molecule has 1 aromatic carbocycles. The number of piperidine rings is 1. The molecule has 172 valence electrons. The normalized spacial score (nSPS) is 15.2. The lowest BCUT2D eigenvalue weighted by Gasteiger charge is -2.32. The molecule has 2 amide bonds. The highest BCUT2D eigenvalue weighted by Crippen LogP contribution is 2.34. The highest BCUT2D eigenvalue weighted by molar-refractivity contribution is 5.90. The molecule has 0 radical (unpaired) electrons. The monoisotopic (exact) mass is 432 g/mol. The maximum atomic E-state index is 12.5. The summed E-state index contributed by atoms with van der Waals surface area (Å²) >= 11 is 0. The molecule has 0 spiro atoms. The van der Waals surface area contributed by atoms with Gasteiger partial charge in [0.2, 0.25) is 12.3 Å². The fourth-order valence-corrected chi connectivity index (χ4v) is 4.06. The third kappa shape index (κ3) is 7.04. The lowest BCUT2D eigenvalue weighted by atomic mass is 10.0. The Morgan fingerprint density at radius 2 is 2.03 bits per heavy atom. The van der Waals surface area contributed by atoms with E-state index in [4.69, 9.17) is 4.74 Å². The van der Waals surface area contributed by atoms with Gasteiger partial charge in [-0.05, 0) is 56.8 Å². The molecule has 0 bridgehead atoms. The Bertz CT molecular complexity index is 722. The standard InChI is InChI=1S/C23H36N4O4/c1-24-23(30)21(10-5-15-28)27(3)20-9-4-7-18(22(20)26(2)17-29)8-6-16-31-19-11-13-25-14-12-19/h4,7,9,15,17,19,21,25H,5-6,8,10-14,16H2,1-3H3,(H,24,30). The summed E-state index contributed by atoms with van der Waals surface area (Å²) in [6.07, 6.45) is 6.31. The lowest BCUT2D eigenvalue weighted by molar-refractivity contribution is -0.122. The molecule has 1 fully saturated rings. The number of carbonyl (C=O) groups is 3. The van der Waals surface area contributed by atoms with Gasteiger partial charge in [0.15, 0.2) is 0 Å². The largest absolute Gasteiger partial charge is 0.378 e. The van der Waals surface area contributed by atoms with Crippen LogP contribution in [0.5, 0.6) is 0 Å². The van der Waals surface area contributed by atoms with E-state index in [0.717, 1.165) is 68.4 Å². The number of likely N-dealkylation sites (N-methyl/N-ethyl adjacent to an activating group) is 2. The van der Waals surface area contributed by atoms with Crippen molar-refractivity contribution >= 4 is 30.0 Å². The van der Waals surface area contributed by atoms with Gasteiger partial charge in [0.25, 0.3) is 0 Å². The number of rotatable bonds is 13.